The van der Waals surface area contributed by atoms with Crippen molar-refractivity contribution in [3.63, 3.8) is 0 Å². The zero-order chi connectivity index (χ0) is 8.97. The predicted octanol–water partition coefficient (Wildman–Crippen LogP) is 3.80. The molecule has 0 radical (unpaired) electrons. The summed E-state index contributed by atoms with van der Waals surface area (Å²) in [5, 5.41) is 0. The van der Waals surface area contributed by atoms with Crippen LogP contribution in [0.25, 0.3) is 0 Å². The van der Waals surface area contributed by atoms with E-state index in [1.807, 2.05) is 12.1 Å². The van der Waals surface area contributed by atoms with Gasteiger partial charge < -0.3 is 4.52 Å². The Labute approximate surface area is 88.2 Å². The lowest BCUT2D eigenvalue weighted by Gasteiger charge is -2.07. The second kappa shape index (κ2) is 6.23. The Morgan fingerprint density at radius 3 is 2.54 bits per heavy atom. The molecule has 1 atom stereocenters. The van der Waals surface area contributed by atoms with Gasteiger partial charge in [0.2, 0.25) is 0 Å². The second-order valence-corrected chi connectivity index (χ2v) is 4.79. The minimum Gasteiger partial charge on any atom is -0.477 e. The van der Waals surface area contributed by atoms with Gasteiger partial charge in [-0.25, -0.2) is 0 Å². The Kier molecular flexibility index (Phi) is 6.11. The van der Waals surface area contributed by atoms with Crippen molar-refractivity contribution >= 4 is 21.2 Å². The van der Waals surface area contributed by atoms with E-state index in [1.54, 1.807) is 0 Å². The molecule has 0 N–H and O–H groups in total. The van der Waals surface area contributed by atoms with E-state index in [2.05, 4.69) is 32.9 Å². The molecule has 1 unspecified atom stereocenters. The Balaban J connectivity index is 0.00000144. The molecule has 0 heterocycles. The minimum absolute atomic E-state index is 0. The summed E-state index contributed by atoms with van der Waals surface area (Å²) in [5.74, 6) is 0.988. The number of aryl methyl sites for hydroxylation is 1. The summed E-state index contributed by atoms with van der Waals surface area (Å²) in [6.07, 6.45) is 0. The third-order valence-electron chi connectivity index (χ3n) is 1.40. The molecule has 1 rings (SSSR count). The summed E-state index contributed by atoms with van der Waals surface area (Å²) < 4.78 is 5.58. The van der Waals surface area contributed by atoms with Gasteiger partial charge in [-0.05, 0) is 24.6 Å². The zero-order valence-corrected chi connectivity index (χ0v) is 10.0. The van der Waals surface area contributed by atoms with E-state index in [4.69, 9.17) is 4.52 Å². The maximum Gasteiger partial charge on any atom is 0.123 e. The van der Waals surface area contributed by atoms with E-state index >= 15 is 0 Å². The molecular formula is C10H16ClOP. The highest BCUT2D eigenvalue weighted by Gasteiger charge is 1.96. The van der Waals surface area contributed by atoms with Gasteiger partial charge in [0.25, 0.3) is 0 Å². The number of hydrogen-bond acceptors (Lipinski definition) is 1. The molecule has 13 heavy (non-hydrogen) atoms. The van der Waals surface area contributed by atoms with Crippen LogP contribution in [0.4, 0.5) is 0 Å². The molecule has 0 amide bonds. The highest BCUT2D eigenvalue weighted by molar-refractivity contribution is 7.33. The molecule has 74 valence electrons. The average Bonchev–Trinajstić information content (AvgIpc) is 2.01. The molecule has 0 spiro atoms. The second-order valence-electron chi connectivity index (χ2n) is 3.19. The molecule has 1 aromatic rings. The number of benzene rings is 1. The molecule has 0 saturated heterocycles. The SMILES string of the molecule is Cc1cccc(OPC(C)C)c1.Cl. The topological polar surface area (TPSA) is 9.23 Å². The molecule has 0 aromatic heterocycles. The van der Waals surface area contributed by atoms with Gasteiger partial charge in [-0.1, -0.05) is 26.0 Å². The van der Waals surface area contributed by atoms with Crippen molar-refractivity contribution in [1.82, 2.24) is 0 Å². The normalized spacial score (nSPS) is 10.5. The van der Waals surface area contributed by atoms with Gasteiger partial charge in [-0.3, -0.25) is 0 Å². The van der Waals surface area contributed by atoms with Crippen molar-refractivity contribution in [3.05, 3.63) is 29.8 Å². The van der Waals surface area contributed by atoms with Crippen molar-refractivity contribution in [3.8, 4) is 5.75 Å². The van der Waals surface area contributed by atoms with E-state index < -0.39 is 0 Å². The van der Waals surface area contributed by atoms with Gasteiger partial charge in [0, 0.05) is 5.66 Å². The monoisotopic (exact) mass is 218 g/mol. The lowest BCUT2D eigenvalue weighted by atomic mass is 10.2. The first-order chi connectivity index (χ1) is 5.68. The molecule has 0 fully saturated rings. The Morgan fingerprint density at radius 1 is 1.31 bits per heavy atom. The van der Waals surface area contributed by atoms with Crippen molar-refractivity contribution in [2.24, 2.45) is 0 Å². The quantitative estimate of drug-likeness (QED) is 0.702. The molecule has 1 aromatic carbocycles. The first-order valence-corrected chi connectivity index (χ1v) is 5.16. The van der Waals surface area contributed by atoms with E-state index in [1.165, 1.54) is 5.56 Å². The third-order valence-corrected chi connectivity index (χ3v) is 2.23. The lowest BCUT2D eigenvalue weighted by Crippen LogP contribution is -1.88. The van der Waals surface area contributed by atoms with Gasteiger partial charge in [0.15, 0.2) is 0 Å². The van der Waals surface area contributed by atoms with E-state index in [9.17, 15) is 0 Å². The van der Waals surface area contributed by atoms with Crippen LogP contribution in [0.3, 0.4) is 0 Å². The van der Waals surface area contributed by atoms with Crippen LogP contribution in [0.15, 0.2) is 24.3 Å². The van der Waals surface area contributed by atoms with E-state index in [-0.39, 0.29) is 12.4 Å². The summed E-state index contributed by atoms with van der Waals surface area (Å²) in [5.41, 5.74) is 1.87. The van der Waals surface area contributed by atoms with E-state index in [0.29, 0.717) is 14.5 Å². The van der Waals surface area contributed by atoms with Gasteiger partial charge in [0.05, 0.1) is 8.81 Å². The Morgan fingerprint density at radius 2 is 2.00 bits per heavy atom. The van der Waals surface area contributed by atoms with Crippen molar-refractivity contribution < 1.29 is 4.52 Å². The van der Waals surface area contributed by atoms with Crippen LogP contribution in [0.2, 0.25) is 0 Å². The fraction of sp³-hybridized carbons (Fsp3) is 0.400. The molecule has 0 aliphatic rings. The smallest absolute Gasteiger partial charge is 0.123 e. The van der Waals surface area contributed by atoms with E-state index in [0.717, 1.165) is 5.75 Å². The zero-order valence-electron chi connectivity index (χ0n) is 8.20. The number of halogens is 1. The molecule has 0 saturated carbocycles. The van der Waals surface area contributed by atoms with Crippen molar-refractivity contribution in [2.75, 3.05) is 0 Å². The van der Waals surface area contributed by atoms with Gasteiger partial charge in [0.1, 0.15) is 5.75 Å². The summed E-state index contributed by atoms with van der Waals surface area (Å²) in [6.45, 7) is 6.40. The fourth-order valence-electron chi connectivity index (χ4n) is 0.865. The number of hydrogen-bond donors (Lipinski definition) is 0. The van der Waals surface area contributed by atoms with Crippen LogP contribution in [0.5, 0.6) is 5.75 Å². The van der Waals surface area contributed by atoms with Gasteiger partial charge in [-0.15, -0.1) is 12.4 Å². The summed E-state index contributed by atoms with van der Waals surface area (Å²) in [7, 11) is 0.562. The van der Waals surface area contributed by atoms with Crippen LogP contribution in [-0.2, 0) is 0 Å². The molecule has 0 aliphatic heterocycles. The first kappa shape index (κ1) is 12.7. The van der Waals surface area contributed by atoms with Crippen LogP contribution >= 0.6 is 21.2 Å². The highest BCUT2D eigenvalue weighted by atomic mass is 35.5. The van der Waals surface area contributed by atoms with Gasteiger partial charge >= 0.3 is 0 Å². The average molecular weight is 219 g/mol. The predicted molar refractivity (Wildman–Crippen MR) is 62.5 cm³/mol. The van der Waals surface area contributed by atoms with Gasteiger partial charge in [-0.2, -0.15) is 0 Å². The first-order valence-electron chi connectivity index (χ1n) is 4.17. The van der Waals surface area contributed by atoms with Crippen LogP contribution in [0.1, 0.15) is 19.4 Å². The number of rotatable bonds is 3. The summed E-state index contributed by atoms with van der Waals surface area (Å²) in [6, 6.07) is 8.17. The molecule has 3 heteroatoms. The maximum absolute atomic E-state index is 5.58. The standard InChI is InChI=1S/C10H15OP.ClH/c1-8(2)12-11-10-6-4-5-9(3)7-10;/h4-8,12H,1-3H3;1H. The lowest BCUT2D eigenvalue weighted by molar-refractivity contribution is 0.622. The van der Waals surface area contributed by atoms with Crippen LogP contribution < -0.4 is 4.52 Å². The molecule has 0 aliphatic carbocycles. The van der Waals surface area contributed by atoms with Crippen molar-refractivity contribution in [1.29, 1.82) is 0 Å². The van der Waals surface area contributed by atoms with Crippen LogP contribution in [-0.4, -0.2) is 5.66 Å². The molecular weight excluding hydrogens is 203 g/mol. The Hall–Kier alpha value is -0.260. The van der Waals surface area contributed by atoms with Crippen LogP contribution in [0, 0.1) is 6.92 Å². The third kappa shape index (κ3) is 5.13. The van der Waals surface area contributed by atoms with Crippen molar-refractivity contribution in [2.45, 2.75) is 26.4 Å². The minimum atomic E-state index is 0. The summed E-state index contributed by atoms with van der Waals surface area (Å²) in [4.78, 5) is 0. The molecule has 1 nitrogen and oxygen atoms in total. The maximum atomic E-state index is 5.58. The molecule has 0 bridgehead atoms. The summed E-state index contributed by atoms with van der Waals surface area (Å²) >= 11 is 0. The Bertz CT molecular complexity index is 250. The fourth-order valence-corrected chi connectivity index (χ4v) is 1.36. The highest BCUT2D eigenvalue weighted by Crippen LogP contribution is 2.24. The largest absolute Gasteiger partial charge is 0.477 e.